The standard InChI is InChI=1S/C25H26N2O3S2/c1-26(17-19-8-4-2-5-9-19)25(28)24-16-22(31)18-27(24)32(29,30)23-14-12-21(13-15-23)20-10-6-3-7-11-20/h2-15,22,24,31H,16-18H2,1H3. The zero-order chi connectivity index (χ0) is 22.7. The van der Waals surface area contributed by atoms with Crippen molar-refractivity contribution in [3.8, 4) is 11.1 Å². The third-order valence-electron chi connectivity index (χ3n) is 5.73. The number of carbonyl (C=O) groups is 1. The molecule has 32 heavy (non-hydrogen) atoms. The second kappa shape index (κ2) is 9.48. The lowest BCUT2D eigenvalue weighted by molar-refractivity contribution is -0.133. The highest BCUT2D eigenvalue weighted by atomic mass is 32.2. The minimum absolute atomic E-state index is 0.183. The van der Waals surface area contributed by atoms with Crippen LogP contribution in [0, 0.1) is 0 Å². The number of nitrogens with zero attached hydrogens (tertiary/aromatic N) is 2. The van der Waals surface area contributed by atoms with Crippen LogP contribution in [0.4, 0.5) is 0 Å². The van der Waals surface area contributed by atoms with Gasteiger partial charge in [-0.05, 0) is 35.2 Å². The maximum Gasteiger partial charge on any atom is 0.243 e. The molecule has 3 aromatic rings. The zero-order valence-electron chi connectivity index (χ0n) is 17.8. The number of likely N-dealkylation sites (N-methyl/N-ethyl adjacent to an activating group) is 1. The molecule has 2 atom stereocenters. The minimum Gasteiger partial charge on any atom is -0.340 e. The zero-order valence-corrected chi connectivity index (χ0v) is 19.5. The van der Waals surface area contributed by atoms with E-state index in [0.29, 0.717) is 13.0 Å². The highest BCUT2D eigenvalue weighted by molar-refractivity contribution is 7.89. The molecular formula is C25H26N2O3S2. The van der Waals surface area contributed by atoms with Gasteiger partial charge >= 0.3 is 0 Å². The van der Waals surface area contributed by atoms with Crippen molar-refractivity contribution >= 4 is 28.6 Å². The molecule has 5 nitrogen and oxygen atoms in total. The Morgan fingerprint density at radius 2 is 1.50 bits per heavy atom. The van der Waals surface area contributed by atoms with Crippen molar-refractivity contribution in [2.24, 2.45) is 0 Å². The monoisotopic (exact) mass is 466 g/mol. The molecular weight excluding hydrogens is 440 g/mol. The van der Waals surface area contributed by atoms with Crippen LogP contribution >= 0.6 is 12.6 Å². The number of amides is 1. The van der Waals surface area contributed by atoms with Crippen LogP contribution in [-0.2, 0) is 21.4 Å². The Morgan fingerprint density at radius 1 is 0.938 bits per heavy atom. The summed E-state index contributed by atoms with van der Waals surface area (Å²) in [6, 6.07) is 25.5. The summed E-state index contributed by atoms with van der Waals surface area (Å²) in [6.45, 7) is 0.633. The van der Waals surface area contributed by atoms with E-state index >= 15 is 0 Å². The molecule has 2 unspecified atom stereocenters. The van der Waals surface area contributed by atoms with E-state index < -0.39 is 16.1 Å². The average Bonchev–Trinajstić information content (AvgIpc) is 3.22. The Hall–Kier alpha value is -2.61. The summed E-state index contributed by atoms with van der Waals surface area (Å²) in [6.07, 6.45) is 0.391. The molecule has 1 aliphatic rings. The number of hydrogen-bond acceptors (Lipinski definition) is 4. The Bertz CT molecular complexity index is 1170. The van der Waals surface area contributed by atoms with Crippen LogP contribution in [0.15, 0.2) is 89.8 Å². The summed E-state index contributed by atoms with van der Waals surface area (Å²) >= 11 is 4.50. The summed E-state index contributed by atoms with van der Waals surface area (Å²) in [4.78, 5) is 15.0. The third kappa shape index (κ3) is 4.75. The molecule has 0 bridgehead atoms. The van der Waals surface area contributed by atoms with E-state index in [2.05, 4.69) is 12.6 Å². The van der Waals surface area contributed by atoms with Gasteiger partial charge in [-0.3, -0.25) is 4.79 Å². The van der Waals surface area contributed by atoms with Crippen molar-refractivity contribution in [3.05, 3.63) is 90.5 Å². The fourth-order valence-corrected chi connectivity index (χ4v) is 6.17. The van der Waals surface area contributed by atoms with Gasteiger partial charge in [0.15, 0.2) is 0 Å². The number of hydrogen-bond donors (Lipinski definition) is 1. The molecule has 1 aliphatic heterocycles. The Labute approximate surface area is 195 Å². The first-order valence-corrected chi connectivity index (χ1v) is 12.5. The fourth-order valence-electron chi connectivity index (χ4n) is 4.05. The largest absolute Gasteiger partial charge is 0.340 e. The van der Waals surface area contributed by atoms with E-state index in [0.717, 1.165) is 16.7 Å². The van der Waals surface area contributed by atoms with Gasteiger partial charge in [-0.15, -0.1) is 0 Å². The number of sulfonamides is 1. The van der Waals surface area contributed by atoms with Crippen LogP contribution in [0.2, 0.25) is 0 Å². The van der Waals surface area contributed by atoms with E-state index in [1.165, 1.54) is 4.31 Å². The highest BCUT2D eigenvalue weighted by Crippen LogP contribution is 2.31. The van der Waals surface area contributed by atoms with Gasteiger partial charge in [0.1, 0.15) is 6.04 Å². The van der Waals surface area contributed by atoms with Gasteiger partial charge in [-0.2, -0.15) is 16.9 Å². The van der Waals surface area contributed by atoms with Crippen LogP contribution in [0.3, 0.4) is 0 Å². The predicted molar refractivity (Wildman–Crippen MR) is 130 cm³/mol. The van der Waals surface area contributed by atoms with E-state index in [1.54, 1.807) is 36.2 Å². The first kappa shape index (κ1) is 22.6. The molecule has 1 heterocycles. The first-order valence-electron chi connectivity index (χ1n) is 10.5. The molecule has 0 spiro atoms. The maximum atomic E-state index is 13.4. The Morgan fingerprint density at radius 3 is 2.12 bits per heavy atom. The lowest BCUT2D eigenvalue weighted by Gasteiger charge is -2.27. The lowest BCUT2D eigenvalue weighted by atomic mass is 10.1. The molecule has 0 aliphatic carbocycles. The number of benzene rings is 3. The second-order valence-electron chi connectivity index (χ2n) is 8.05. The van der Waals surface area contributed by atoms with Crippen molar-refractivity contribution in [2.75, 3.05) is 13.6 Å². The summed E-state index contributed by atoms with van der Waals surface area (Å²) in [5, 5.41) is -0.188. The van der Waals surface area contributed by atoms with Gasteiger partial charge < -0.3 is 4.90 Å². The molecule has 1 amide bonds. The van der Waals surface area contributed by atoms with Crippen molar-refractivity contribution in [2.45, 2.75) is 29.2 Å². The SMILES string of the molecule is CN(Cc1ccccc1)C(=O)C1CC(S)CN1S(=O)(=O)c1ccc(-c2ccccc2)cc1. The molecule has 3 aromatic carbocycles. The van der Waals surface area contributed by atoms with Crippen LogP contribution < -0.4 is 0 Å². The lowest BCUT2D eigenvalue weighted by Crippen LogP contribution is -2.46. The van der Waals surface area contributed by atoms with Crippen LogP contribution in [0.25, 0.3) is 11.1 Å². The summed E-state index contributed by atoms with van der Waals surface area (Å²) < 4.78 is 28.2. The number of rotatable bonds is 6. The topological polar surface area (TPSA) is 57.7 Å². The molecule has 7 heteroatoms. The summed E-state index contributed by atoms with van der Waals surface area (Å²) in [7, 11) is -2.13. The fraction of sp³-hybridized carbons (Fsp3) is 0.240. The Balaban J connectivity index is 1.55. The van der Waals surface area contributed by atoms with E-state index in [9.17, 15) is 13.2 Å². The summed E-state index contributed by atoms with van der Waals surface area (Å²) in [5.41, 5.74) is 2.95. The molecule has 0 saturated carbocycles. The van der Waals surface area contributed by atoms with Crippen LogP contribution in [0.5, 0.6) is 0 Å². The van der Waals surface area contributed by atoms with Crippen molar-refractivity contribution in [1.29, 1.82) is 0 Å². The molecule has 0 N–H and O–H groups in total. The predicted octanol–water partition coefficient (Wildman–Crippen LogP) is 4.07. The van der Waals surface area contributed by atoms with Crippen LogP contribution in [-0.4, -0.2) is 48.4 Å². The van der Waals surface area contributed by atoms with Crippen LogP contribution in [0.1, 0.15) is 12.0 Å². The van der Waals surface area contributed by atoms with Gasteiger partial charge in [-0.25, -0.2) is 8.42 Å². The normalized spacial score (nSPS) is 19.1. The van der Waals surface area contributed by atoms with E-state index in [1.807, 2.05) is 60.7 Å². The summed E-state index contributed by atoms with van der Waals surface area (Å²) in [5.74, 6) is -0.213. The van der Waals surface area contributed by atoms with Gasteiger partial charge in [0, 0.05) is 25.4 Å². The smallest absolute Gasteiger partial charge is 0.243 e. The maximum absolute atomic E-state index is 13.4. The second-order valence-corrected chi connectivity index (χ2v) is 10.7. The molecule has 1 saturated heterocycles. The first-order chi connectivity index (χ1) is 15.4. The molecule has 4 rings (SSSR count). The van der Waals surface area contributed by atoms with Gasteiger partial charge in [0.2, 0.25) is 15.9 Å². The van der Waals surface area contributed by atoms with E-state index in [4.69, 9.17) is 0 Å². The van der Waals surface area contributed by atoms with E-state index in [-0.39, 0.29) is 22.6 Å². The Kier molecular flexibility index (Phi) is 6.69. The molecule has 0 radical (unpaired) electrons. The molecule has 1 fully saturated rings. The average molecular weight is 467 g/mol. The van der Waals surface area contributed by atoms with Crippen molar-refractivity contribution < 1.29 is 13.2 Å². The number of carbonyl (C=O) groups excluding carboxylic acids is 1. The minimum atomic E-state index is -3.83. The highest BCUT2D eigenvalue weighted by Gasteiger charge is 2.43. The van der Waals surface area contributed by atoms with Gasteiger partial charge in [-0.1, -0.05) is 72.8 Å². The molecule has 0 aromatic heterocycles. The van der Waals surface area contributed by atoms with Crippen molar-refractivity contribution in [1.82, 2.24) is 9.21 Å². The van der Waals surface area contributed by atoms with Crippen molar-refractivity contribution in [3.63, 3.8) is 0 Å². The van der Waals surface area contributed by atoms with Gasteiger partial charge in [0.05, 0.1) is 4.90 Å². The number of thiol groups is 1. The molecule has 166 valence electrons. The third-order valence-corrected chi connectivity index (χ3v) is 7.99. The quantitative estimate of drug-likeness (QED) is 0.557. The van der Waals surface area contributed by atoms with Gasteiger partial charge in [0.25, 0.3) is 0 Å².